The molecule has 2 saturated heterocycles. The van der Waals surface area contributed by atoms with Gasteiger partial charge < -0.3 is 15.4 Å². The van der Waals surface area contributed by atoms with Gasteiger partial charge in [0.25, 0.3) is 0 Å². The molecule has 3 aliphatic rings. The molecule has 3 fully saturated rings. The van der Waals surface area contributed by atoms with E-state index in [0.29, 0.717) is 31.7 Å². The number of nitrogens with zero attached hydrogens (tertiary/aromatic N) is 1. The normalized spacial score (nSPS) is 29.2. The molecule has 1 saturated carbocycles. The molecular weight excluding hydrogens is 326 g/mol. The first kappa shape index (κ1) is 18.0. The Morgan fingerprint density at radius 3 is 2.88 bits per heavy atom. The quantitative estimate of drug-likeness (QED) is 0.731. The van der Waals surface area contributed by atoms with Crippen molar-refractivity contribution in [1.82, 2.24) is 15.5 Å². The van der Waals surface area contributed by atoms with Crippen molar-refractivity contribution in [3.8, 4) is 0 Å². The molecule has 1 aromatic carbocycles. The summed E-state index contributed by atoms with van der Waals surface area (Å²) in [6.45, 7) is 5.53. The molecule has 1 aliphatic carbocycles. The molecule has 4 rings (SSSR count). The van der Waals surface area contributed by atoms with Crippen LogP contribution in [0.2, 0.25) is 0 Å². The van der Waals surface area contributed by atoms with Crippen LogP contribution < -0.4 is 10.6 Å². The van der Waals surface area contributed by atoms with Crippen molar-refractivity contribution in [3.63, 3.8) is 0 Å². The Morgan fingerprint density at radius 1 is 1.27 bits per heavy atom. The Morgan fingerprint density at radius 2 is 2.08 bits per heavy atom. The number of ether oxygens (including phenoxy) is 1. The lowest BCUT2D eigenvalue weighted by molar-refractivity contribution is -0.131. The van der Waals surface area contributed by atoms with E-state index in [1.54, 1.807) is 0 Å². The van der Waals surface area contributed by atoms with Crippen molar-refractivity contribution in [2.75, 3.05) is 39.3 Å². The highest BCUT2D eigenvalue weighted by atomic mass is 16.5. The third-order valence-electron chi connectivity index (χ3n) is 6.49. The Kier molecular flexibility index (Phi) is 5.57. The highest BCUT2D eigenvalue weighted by molar-refractivity contribution is 5.84. The summed E-state index contributed by atoms with van der Waals surface area (Å²) >= 11 is 0. The van der Waals surface area contributed by atoms with Gasteiger partial charge in [-0.3, -0.25) is 9.69 Å². The molecule has 2 atom stereocenters. The number of hydrogen-bond donors (Lipinski definition) is 2. The Bertz CT molecular complexity index is 603. The monoisotopic (exact) mass is 357 g/mol. The number of hydrogen-bond acceptors (Lipinski definition) is 4. The number of rotatable bonds is 7. The van der Waals surface area contributed by atoms with Crippen LogP contribution in [-0.2, 0) is 16.1 Å². The van der Waals surface area contributed by atoms with Crippen LogP contribution in [0.15, 0.2) is 30.3 Å². The van der Waals surface area contributed by atoms with Crippen molar-refractivity contribution in [1.29, 1.82) is 0 Å². The number of likely N-dealkylation sites (tertiary alicyclic amines) is 1. The van der Waals surface area contributed by atoms with Gasteiger partial charge in [0.05, 0.1) is 18.6 Å². The highest BCUT2D eigenvalue weighted by Crippen LogP contribution is 2.42. The first-order valence-corrected chi connectivity index (χ1v) is 10.1. The predicted octanol–water partition coefficient (Wildman–Crippen LogP) is 1.78. The van der Waals surface area contributed by atoms with E-state index in [1.165, 1.54) is 31.2 Å². The minimum Gasteiger partial charge on any atom is -0.375 e. The number of fused-ring (bicyclic) bond motifs is 1. The molecule has 2 N–H and O–H groups in total. The molecular formula is C21H31N3O2. The summed E-state index contributed by atoms with van der Waals surface area (Å²) in [7, 11) is 0. The van der Waals surface area contributed by atoms with E-state index in [2.05, 4.69) is 27.7 Å². The zero-order valence-electron chi connectivity index (χ0n) is 15.6. The maximum absolute atomic E-state index is 13.0. The van der Waals surface area contributed by atoms with Crippen LogP contribution in [0.25, 0.3) is 0 Å². The molecule has 26 heavy (non-hydrogen) atoms. The van der Waals surface area contributed by atoms with Gasteiger partial charge in [-0.2, -0.15) is 0 Å². The largest absolute Gasteiger partial charge is 0.375 e. The smallest absolute Gasteiger partial charge is 0.229 e. The summed E-state index contributed by atoms with van der Waals surface area (Å²) in [5.41, 5.74) is 0.933. The maximum Gasteiger partial charge on any atom is 0.229 e. The van der Waals surface area contributed by atoms with Crippen molar-refractivity contribution < 1.29 is 9.53 Å². The van der Waals surface area contributed by atoms with Crippen LogP contribution >= 0.6 is 0 Å². The fraction of sp³-hybridized carbons (Fsp3) is 0.667. The van der Waals surface area contributed by atoms with E-state index in [4.69, 9.17) is 4.74 Å². The Labute approximate surface area is 156 Å². The van der Waals surface area contributed by atoms with Crippen molar-refractivity contribution in [2.45, 2.75) is 38.3 Å². The summed E-state index contributed by atoms with van der Waals surface area (Å²) in [6, 6.07) is 10.9. The van der Waals surface area contributed by atoms with Crippen LogP contribution in [0.5, 0.6) is 0 Å². The Balaban J connectivity index is 1.25. The molecule has 0 aromatic heterocycles. The zero-order chi connectivity index (χ0) is 17.8. The second-order valence-corrected chi connectivity index (χ2v) is 8.15. The second-order valence-electron chi connectivity index (χ2n) is 8.15. The number of benzene rings is 1. The zero-order valence-corrected chi connectivity index (χ0v) is 15.6. The fourth-order valence-electron chi connectivity index (χ4n) is 5.01. The van der Waals surface area contributed by atoms with E-state index in [0.717, 1.165) is 26.2 Å². The topological polar surface area (TPSA) is 53.6 Å². The molecule has 5 heteroatoms. The van der Waals surface area contributed by atoms with Crippen molar-refractivity contribution in [2.24, 2.45) is 11.3 Å². The van der Waals surface area contributed by atoms with Gasteiger partial charge >= 0.3 is 0 Å². The SMILES string of the molecule is O=C(NCCOCc1ccccc1)[C@@]12CNC[C@@H]1CN(C1CCCC1)C2. The molecule has 0 bridgehead atoms. The molecule has 1 amide bonds. The Hall–Kier alpha value is -1.43. The van der Waals surface area contributed by atoms with Crippen LogP contribution in [0.1, 0.15) is 31.2 Å². The lowest BCUT2D eigenvalue weighted by Gasteiger charge is -2.29. The van der Waals surface area contributed by atoms with Gasteiger partial charge in [0.2, 0.25) is 5.91 Å². The standard InChI is InChI=1S/C21H31N3O2/c25-20(23-10-11-26-14-17-6-2-1-3-7-17)21-15-22-12-18(21)13-24(16-21)19-8-4-5-9-19/h1-3,6-7,18-19,22H,4-5,8-16H2,(H,23,25)/t18-,21-/m1/s1. The molecule has 2 aliphatic heterocycles. The molecule has 142 valence electrons. The predicted molar refractivity (Wildman–Crippen MR) is 102 cm³/mol. The average molecular weight is 357 g/mol. The molecule has 0 spiro atoms. The van der Waals surface area contributed by atoms with Gasteiger partial charge in [0.1, 0.15) is 0 Å². The number of nitrogens with one attached hydrogen (secondary N) is 2. The van der Waals surface area contributed by atoms with Gasteiger partial charge in [-0.25, -0.2) is 0 Å². The maximum atomic E-state index is 13.0. The molecule has 2 heterocycles. The first-order valence-electron chi connectivity index (χ1n) is 10.1. The molecule has 5 nitrogen and oxygen atoms in total. The van der Waals surface area contributed by atoms with Gasteiger partial charge in [-0.15, -0.1) is 0 Å². The lowest BCUT2D eigenvalue weighted by atomic mass is 9.80. The lowest BCUT2D eigenvalue weighted by Crippen LogP contribution is -2.48. The van der Waals surface area contributed by atoms with Crippen LogP contribution in [0, 0.1) is 11.3 Å². The fourth-order valence-corrected chi connectivity index (χ4v) is 5.01. The van der Waals surface area contributed by atoms with E-state index in [-0.39, 0.29) is 11.3 Å². The highest BCUT2D eigenvalue weighted by Gasteiger charge is 2.55. The van der Waals surface area contributed by atoms with Crippen LogP contribution in [-0.4, -0.2) is 56.2 Å². The summed E-state index contributed by atoms with van der Waals surface area (Å²) in [5, 5.41) is 6.62. The van der Waals surface area contributed by atoms with Crippen LogP contribution in [0.4, 0.5) is 0 Å². The van der Waals surface area contributed by atoms with E-state index in [9.17, 15) is 4.79 Å². The minimum atomic E-state index is -0.234. The third kappa shape index (κ3) is 3.66. The third-order valence-corrected chi connectivity index (χ3v) is 6.49. The minimum absolute atomic E-state index is 0.219. The molecule has 1 aromatic rings. The van der Waals surface area contributed by atoms with Crippen LogP contribution in [0.3, 0.4) is 0 Å². The number of carbonyl (C=O) groups is 1. The summed E-state index contributed by atoms with van der Waals surface area (Å²) in [6.07, 6.45) is 5.32. The molecule has 0 radical (unpaired) electrons. The van der Waals surface area contributed by atoms with Crippen molar-refractivity contribution in [3.05, 3.63) is 35.9 Å². The van der Waals surface area contributed by atoms with E-state index < -0.39 is 0 Å². The number of carbonyl (C=O) groups excluding carboxylic acids is 1. The summed E-state index contributed by atoms with van der Waals surface area (Å²) in [5.74, 6) is 0.671. The second kappa shape index (κ2) is 8.07. The van der Waals surface area contributed by atoms with Gasteiger partial charge in [-0.1, -0.05) is 43.2 Å². The van der Waals surface area contributed by atoms with E-state index in [1.807, 2.05) is 18.2 Å². The van der Waals surface area contributed by atoms with Gasteiger partial charge in [-0.05, 0) is 18.4 Å². The van der Waals surface area contributed by atoms with Crippen molar-refractivity contribution >= 4 is 5.91 Å². The first-order chi connectivity index (χ1) is 12.8. The number of amides is 1. The van der Waals surface area contributed by atoms with Gasteiger partial charge in [0.15, 0.2) is 0 Å². The van der Waals surface area contributed by atoms with Gasteiger partial charge in [0, 0.05) is 44.7 Å². The van der Waals surface area contributed by atoms with E-state index >= 15 is 0 Å². The average Bonchev–Trinajstić information content (AvgIpc) is 3.37. The summed E-state index contributed by atoms with van der Waals surface area (Å²) < 4.78 is 5.70. The summed E-state index contributed by atoms with van der Waals surface area (Å²) in [4.78, 5) is 15.6. The molecule has 0 unspecified atom stereocenters.